The maximum Gasteiger partial charge on any atom is 0.156 e. The standard InChI is InChI=1S/C17H25N3O/c1-12(2)18-10-15-9-16(21-19-15)11-20(5)17-7-6-13(3)8-14(17)4/h6-9,12,18H,10-11H2,1-5H3. The minimum Gasteiger partial charge on any atom is -0.367 e. The van der Waals surface area contributed by atoms with Crippen molar-refractivity contribution < 1.29 is 4.52 Å². The summed E-state index contributed by atoms with van der Waals surface area (Å²) in [6.07, 6.45) is 0. The lowest BCUT2D eigenvalue weighted by Crippen LogP contribution is -2.21. The largest absolute Gasteiger partial charge is 0.367 e. The fourth-order valence-corrected chi connectivity index (χ4v) is 2.37. The molecule has 0 bridgehead atoms. The van der Waals surface area contributed by atoms with Crippen LogP contribution >= 0.6 is 0 Å². The van der Waals surface area contributed by atoms with Crippen LogP contribution in [-0.2, 0) is 13.1 Å². The lowest BCUT2D eigenvalue weighted by molar-refractivity contribution is 0.374. The zero-order chi connectivity index (χ0) is 15.4. The van der Waals surface area contributed by atoms with Crippen molar-refractivity contribution in [2.24, 2.45) is 0 Å². The zero-order valence-corrected chi connectivity index (χ0v) is 13.6. The fourth-order valence-electron chi connectivity index (χ4n) is 2.37. The Morgan fingerprint density at radius 3 is 2.67 bits per heavy atom. The molecular formula is C17H25N3O. The average Bonchev–Trinajstić information content (AvgIpc) is 2.83. The Kier molecular flexibility index (Phi) is 5.02. The first-order valence-electron chi connectivity index (χ1n) is 7.42. The van der Waals surface area contributed by atoms with Gasteiger partial charge in [-0.05, 0) is 25.5 Å². The van der Waals surface area contributed by atoms with E-state index in [4.69, 9.17) is 4.52 Å². The molecule has 1 N–H and O–H groups in total. The smallest absolute Gasteiger partial charge is 0.156 e. The van der Waals surface area contributed by atoms with Gasteiger partial charge in [0.05, 0.1) is 12.2 Å². The fraction of sp³-hybridized carbons (Fsp3) is 0.471. The van der Waals surface area contributed by atoms with Crippen molar-refractivity contribution in [1.29, 1.82) is 0 Å². The molecule has 2 rings (SSSR count). The molecule has 1 aromatic heterocycles. The number of rotatable bonds is 6. The van der Waals surface area contributed by atoms with Crippen molar-refractivity contribution in [2.75, 3.05) is 11.9 Å². The predicted molar refractivity (Wildman–Crippen MR) is 86.5 cm³/mol. The second-order valence-corrected chi connectivity index (χ2v) is 5.97. The quantitative estimate of drug-likeness (QED) is 0.884. The summed E-state index contributed by atoms with van der Waals surface area (Å²) in [6, 6.07) is 8.96. The number of benzene rings is 1. The van der Waals surface area contributed by atoms with Crippen molar-refractivity contribution in [1.82, 2.24) is 10.5 Å². The minimum atomic E-state index is 0.447. The molecule has 0 fully saturated rings. The van der Waals surface area contributed by atoms with E-state index in [1.54, 1.807) is 0 Å². The first-order valence-corrected chi connectivity index (χ1v) is 7.42. The summed E-state index contributed by atoms with van der Waals surface area (Å²) in [5.74, 6) is 0.887. The van der Waals surface area contributed by atoms with Crippen molar-refractivity contribution in [3.05, 3.63) is 46.8 Å². The van der Waals surface area contributed by atoms with Gasteiger partial charge < -0.3 is 14.7 Å². The maximum atomic E-state index is 5.42. The summed E-state index contributed by atoms with van der Waals surface area (Å²) < 4.78 is 5.42. The number of nitrogens with zero attached hydrogens (tertiary/aromatic N) is 2. The van der Waals surface area contributed by atoms with Gasteiger partial charge in [-0.3, -0.25) is 0 Å². The molecule has 0 saturated carbocycles. The monoisotopic (exact) mass is 287 g/mol. The van der Waals surface area contributed by atoms with E-state index in [1.807, 2.05) is 6.07 Å². The molecule has 0 aliphatic rings. The van der Waals surface area contributed by atoms with Crippen LogP contribution in [0.5, 0.6) is 0 Å². The topological polar surface area (TPSA) is 41.3 Å². The van der Waals surface area contributed by atoms with Gasteiger partial charge in [-0.1, -0.05) is 36.7 Å². The summed E-state index contributed by atoms with van der Waals surface area (Å²) in [5.41, 5.74) is 4.73. The van der Waals surface area contributed by atoms with E-state index in [0.29, 0.717) is 6.04 Å². The third-order valence-electron chi connectivity index (χ3n) is 3.46. The lowest BCUT2D eigenvalue weighted by atomic mass is 10.1. The van der Waals surface area contributed by atoms with Crippen LogP contribution in [0.2, 0.25) is 0 Å². The molecule has 21 heavy (non-hydrogen) atoms. The third kappa shape index (κ3) is 4.33. The van der Waals surface area contributed by atoms with Gasteiger partial charge in [0.1, 0.15) is 0 Å². The normalized spacial score (nSPS) is 11.1. The second-order valence-electron chi connectivity index (χ2n) is 5.97. The van der Waals surface area contributed by atoms with Crippen LogP contribution in [0.3, 0.4) is 0 Å². The Morgan fingerprint density at radius 1 is 1.24 bits per heavy atom. The van der Waals surface area contributed by atoms with E-state index in [0.717, 1.165) is 24.5 Å². The Labute approximate surface area is 127 Å². The minimum absolute atomic E-state index is 0.447. The summed E-state index contributed by atoms with van der Waals surface area (Å²) in [5, 5.41) is 7.45. The summed E-state index contributed by atoms with van der Waals surface area (Å²) in [7, 11) is 2.08. The first-order chi connectivity index (χ1) is 9.95. The van der Waals surface area contributed by atoms with Crippen LogP contribution in [0.1, 0.15) is 36.4 Å². The SMILES string of the molecule is Cc1ccc(N(C)Cc2cc(CNC(C)C)no2)c(C)c1. The van der Waals surface area contributed by atoms with Gasteiger partial charge in [-0.25, -0.2) is 0 Å². The predicted octanol–water partition coefficient (Wildman–Crippen LogP) is 3.43. The van der Waals surface area contributed by atoms with Crippen LogP contribution in [-0.4, -0.2) is 18.2 Å². The summed E-state index contributed by atoms with van der Waals surface area (Å²) >= 11 is 0. The number of anilines is 1. The molecule has 0 unspecified atom stereocenters. The van der Waals surface area contributed by atoms with Crippen molar-refractivity contribution in [3.8, 4) is 0 Å². The molecule has 0 radical (unpaired) electrons. The molecule has 4 heteroatoms. The molecule has 0 aliphatic carbocycles. The van der Waals surface area contributed by atoms with Crippen LogP contribution in [0.15, 0.2) is 28.8 Å². The Bertz CT molecular complexity index is 589. The van der Waals surface area contributed by atoms with Gasteiger partial charge in [-0.15, -0.1) is 0 Å². The molecule has 1 aromatic carbocycles. The van der Waals surface area contributed by atoms with E-state index >= 15 is 0 Å². The van der Waals surface area contributed by atoms with Gasteiger partial charge >= 0.3 is 0 Å². The van der Waals surface area contributed by atoms with Gasteiger partial charge in [-0.2, -0.15) is 0 Å². The van der Waals surface area contributed by atoms with E-state index in [9.17, 15) is 0 Å². The van der Waals surface area contributed by atoms with Gasteiger partial charge in [0, 0.05) is 31.4 Å². The number of nitrogens with one attached hydrogen (secondary N) is 1. The lowest BCUT2D eigenvalue weighted by Gasteiger charge is -2.20. The van der Waals surface area contributed by atoms with E-state index in [2.05, 4.69) is 68.3 Å². The van der Waals surface area contributed by atoms with E-state index in [1.165, 1.54) is 16.8 Å². The zero-order valence-electron chi connectivity index (χ0n) is 13.6. The Balaban J connectivity index is 2.00. The van der Waals surface area contributed by atoms with Gasteiger partial charge in [0.15, 0.2) is 5.76 Å². The summed E-state index contributed by atoms with van der Waals surface area (Å²) in [4.78, 5) is 2.19. The molecular weight excluding hydrogens is 262 g/mol. The highest BCUT2D eigenvalue weighted by Crippen LogP contribution is 2.21. The summed E-state index contributed by atoms with van der Waals surface area (Å²) in [6.45, 7) is 9.95. The molecule has 0 aliphatic heterocycles. The average molecular weight is 287 g/mol. The second kappa shape index (κ2) is 6.76. The number of aryl methyl sites for hydroxylation is 2. The Morgan fingerprint density at radius 2 is 2.00 bits per heavy atom. The highest BCUT2D eigenvalue weighted by molar-refractivity contribution is 5.53. The molecule has 0 saturated heterocycles. The van der Waals surface area contributed by atoms with Crippen molar-refractivity contribution >= 4 is 5.69 Å². The highest BCUT2D eigenvalue weighted by atomic mass is 16.5. The molecule has 0 spiro atoms. The van der Waals surface area contributed by atoms with Crippen molar-refractivity contribution in [3.63, 3.8) is 0 Å². The van der Waals surface area contributed by atoms with Crippen LogP contribution in [0.4, 0.5) is 5.69 Å². The van der Waals surface area contributed by atoms with E-state index in [-0.39, 0.29) is 0 Å². The molecule has 0 amide bonds. The molecule has 4 nitrogen and oxygen atoms in total. The highest BCUT2D eigenvalue weighted by Gasteiger charge is 2.10. The first kappa shape index (κ1) is 15.6. The van der Waals surface area contributed by atoms with Crippen molar-refractivity contribution in [2.45, 2.75) is 46.8 Å². The van der Waals surface area contributed by atoms with Gasteiger partial charge in [0.2, 0.25) is 0 Å². The molecule has 2 aromatic rings. The Hall–Kier alpha value is -1.81. The molecule has 114 valence electrons. The maximum absolute atomic E-state index is 5.42. The number of hydrogen-bond donors (Lipinski definition) is 1. The van der Waals surface area contributed by atoms with E-state index < -0.39 is 0 Å². The van der Waals surface area contributed by atoms with Crippen LogP contribution in [0.25, 0.3) is 0 Å². The third-order valence-corrected chi connectivity index (χ3v) is 3.46. The number of aromatic nitrogens is 1. The number of hydrogen-bond acceptors (Lipinski definition) is 4. The van der Waals surface area contributed by atoms with Gasteiger partial charge in [0.25, 0.3) is 0 Å². The molecule has 0 atom stereocenters. The van der Waals surface area contributed by atoms with Crippen LogP contribution < -0.4 is 10.2 Å². The van der Waals surface area contributed by atoms with Crippen LogP contribution in [0, 0.1) is 13.8 Å². The molecule has 1 heterocycles.